The van der Waals surface area contributed by atoms with Crippen molar-refractivity contribution in [1.29, 1.82) is 0 Å². The minimum atomic E-state index is -1.30. The zero-order valence-corrected chi connectivity index (χ0v) is 21.8. The maximum Gasteiger partial charge on any atom is 0.414 e. The molecule has 0 bridgehead atoms. The lowest BCUT2D eigenvalue weighted by Gasteiger charge is -2.27. The molecule has 3 aromatic rings. The summed E-state index contributed by atoms with van der Waals surface area (Å²) in [6.07, 6.45) is 2.92. The molecule has 1 saturated carbocycles. The van der Waals surface area contributed by atoms with E-state index in [2.05, 4.69) is 0 Å². The van der Waals surface area contributed by atoms with Crippen LogP contribution in [0.4, 0.5) is 20.6 Å². The molecular weight excluding hydrogens is 525 g/mol. The van der Waals surface area contributed by atoms with E-state index in [9.17, 15) is 29.0 Å². The van der Waals surface area contributed by atoms with Crippen LogP contribution >= 0.6 is 0 Å². The van der Waals surface area contributed by atoms with Crippen LogP contribution in [0.2, 0.25) is 0 Å². The molecule has 6 rings (SSSR count). The molecule has 1 atom stereocenters. The van der Waals surface area contributed by atoms with Crippen molar-refractivity contribution in [3.05, 3.63) is 58.1 Å². The molecule has 3 aliphatic rings. The summed E-state index contributed by atoms with van der Waals surface area (Å²) in [6.45, 7) is 1.02. The molecule has 11 nitrogen and oxygen atoms in total. The number of carboxylic acid groups (broad SMARTS) is 1. The molecule has 2 N–H and O–H groups in total. The number of aliphatic hydroxyl groups is 1. The lowest BCUT2D eigenvalue weighted by atomic mass is 10.1. The van der Waals surface area contributed by atoms with E-state index in [1.54, 1.807) is 18.2 Å². The zero-order chi connectivity index (χ0) is 28.2. The Morgan fingerprint density at radius 1 is 1.20 bits per heavy atom. The minimum absolute atomic E-state index is 0.0471. The number of carbonyl (C=O) groups excluding carboxylic acids is 1. The highest BCUT2D eigenvalue weighted by molar-refractivity contribution is 5.97. The van der Waals surface area contributed by atoms with Crippen molar-refractivity contribution in [3.63, 3.8) is 0 Å². The summed E-state index contributed by atoms with van der Waals surface area (Å²) in [5.74, 6) is -1.57. The number of hydrogen-bond acceptors (Lipinski definition) is 8. The number of carbonyl (C=O) groups is 2. The number of halogens is 1. The maximum absolute atomic E-state index is 14.8. The molecule has 2 saturated heterocycles. The Hall–Kier alpha value is -4.32. The number of aromatic nitrogens is 1. The number of amides is 1. The highest BCUT2D eigenvalue weighted by atomic mass is 19.1. The molecule has 3 heterocycles. The van der Waals surface area contributed by atoms with E-state index in [0.717, 1.165) is 12.8 Å². The van der Waals surface area contributed by atoms with Gasteiger partial charge in [-0.15, -0.1) is 0 Å². The monoisotopic (exact) mass is 553 g/mol. The second-order valence-electron chi connectivity index (χ2n) is 10.4. The second-order valence-corrected chi connectivity index (χ2v) is 10.4. The number of cyclic esters (lactones) is 1. The van der Waals surface area contributed by atoms with Gasteiger partial charge in [-0.1, -0.05) is 0 Å². The maximum atomic E-state index is 14.8. The Kier molecular flexibility index (Phi) is 6.29. The van der Waals surface area contributed by atoms with Crippen LogP contribution in [-0.2, 0) is 4.74 Å². The van der Waals surface area contributed by atoms with Crippen molar-refractivity contribution >= 4 is 34.3 Å². The summed E-state index contributed by atoms with van der Waals surface area (Å²) in [7, 11) is 1.49. The number of nitrogens with zero attached hydrogens (tertiary/aromatic N) is 3. The van der Waals surface area contributed by atoms with Crippen LogP contribution < -0.4 is 24.7 Å². The van der Waals surface area contributed by atoms with Crippen LogP contribution in [0.3, 0.4) is 0 Å². The van der Waals surface area contributed by atoms with Gasteiger partial charge in [-0.3, -0.25) is 9.69 Å². The van der Waals surface area contributed by atoms with Gasteiger partial charge >= 0.3 is 12.1 Å². The van der Waals surface area contributed by atoms with Crippen molar-refractivity contribution < 1.29 is 38.4 Å². The van der Waals surface area contributed by atoms with Gasteiger partial charge in [0, 0.05) is 24.8 Å². The highest BCUT2D eigenvalue weighted by Crippen LogP contribution is 2.43. The molecule has 0 radical (unpaired) electrons. The largest absolute Gasteiger partial charge is 0.492 e. The number of β-amino-alcohol motifs (C(OH)–C–C–N with tert-alkyl or cyclic N) is 1. The first-order valence-electron chi connectivity index (χ1n) is 13.0. The van der Waals surface area contributed by atoms with E-state index in [1.807, 2.05) is 9.47 Å². The van der Waals surface area contributed by atoms with E-state index in [4.69, 9.17) is 14.2 Å². The summed E-state index contributed by atoms with van der Waals surface area (Å²) >= 11 is 0. The fraction of sp³-hybridized carbons (Fsp3) is 0.393. The van der Waals surface area contributed by atoms with E-state index < -0.39 is 28.9 Å². The Labute approximate surface area is 227 Å². The van der Waals surface area contributed by atoms with Crippen molar-refractivity contribution in [1.82, 2.24) is 4.57 Å². The summed E-state index contributed by atoms with van der Waals surface area (Å²) in [5.41, 5.74) is -0.633. The summed E-state index contributed by atoms with van der Waals surface area (Å²) in [4.78, 5) is 39.6. The Balaban J connectivity index is 1.24. The molecule has 1 aromatic heterocycles. The van der Waals surface area contributed by atoms with Crippen molar-refractivity contribution in [2.75, 3.05) is 49.8 Å². The molecular formula is C28H28FN3O8. The number of ether oxygens (including phenoxy) is 3. The Morgan fingerprint density at radius 3 is 2.65 bits per heavy atom. The predicted octanol–water partition coefficient (Wildman–Crippen LogP) is 3.16. The Bertz CT molecular complexity index is 1590. The van der Waals surface area contributed by atoms with Gasteiger partial charge in [-0.05, 0) is 43.5 Å². The number of benzene rings is 2. The summed E-state index contributed by atoms with van der Waals surface area (Å²) in [5, 5.41) is 21.1. The van der Waals surface area contributed by atoms with Gasteiger partial charge in [-0.25, -0.2) is 14.0 Å². The van der Waals surface area contributed by atoms with Crippen molar-refractivity contribution in [2.24, 2.45) is 0 Å². The number of methoxy groups -OCH3 is 1. The third kappa shape index (κ3) is 4.47. The van der Waals surface area contributed by atoms with Crippen LogP contribution in [-0.4, -0.2) is 72.4 Å². The first kappa shape index (κ1) is 25.9. The lowest BCUT2D eigenvalue weighted by molar-refractivity contribution is 0.0133. The molecule has 1 aliphatic carbocycles. The van der Waals surface area contributed by atoms with E-state index >= 15 is 0 Å². The van der Waals surface area contributed by atoms with Crippen LogP contribution in [0.25, 0.3) is 10.9 Å². The molecule has 210 valence electrons. The Morgan fingerprint density at radius 2 is 2.00 bits per heavy atom. The van der Waals surface area contributed by atoms with E-state index in [0.29, 0.717) is 42.2 Å². The number of carboxylic acids is 1. The number of fused-ring (bicyclic) bond motifs is 1. The standard InChI is InChI=1S/C28H28FN3O8/c1-38-25-21(6-5-18-23(25)32(16-2-3-16)13-19(24(18)33)26(34)35)30-9-8-28(37,14-30)15-40-22-7-4-17(12-20(22)29)31-10-11-39-27(31)36/h4-7,12-13,16,37H,2-3,8-11,14-15H2,1H3,(H,34,35). The molecule has 2 aromatic carbocycles. The van der Waals surface area contributed by atoms with E-state index in [-0.39, 0.29) is 42.5 Å². The summed E-state index contributed by atoms with van der Waals surface area (Å²) in [6, 6.07) is 7.54. The molecule has 1 amide bonds. The molecule has 2 aliphatic heterocycles. The summed E-state index contributed by atoms with van der Waals surface area (Å²) < 4.78 is 32.9. The number of aromatic carboxylic acids is 1. The predicted molar refractivity (Wildman–Crippen MR) is 142 cm³/mol. The molecule has 0 spiro atoms. The van der Waals surface area contributed by atoms with Gasteiger partial charge in [0.2, 0.25) is 5.43 Å². The van der Waals surface area contributed by atoms with Gasteiger partial charge in [-0.2, -0.15) is 0 Å². The van der Waals surface area contributed by atoms with Gasteiger partial charge in [0.05, 0.1) is 42.5 Å². The highest BCUT2D eigenvalue weighted by Gasteiger charge is 2.39. The number of rotatable bonds is 8. The third-order valence-electron chi connectivity index (χ3n) is 7.66. The number of hydrogen-bond donors (Lipinski definition) is 2. The van der Waals surface area contributed by atoms with Crippen LogP contribution in [0.1, 0.15) is 35.7 Å². The third-order valence-corrected chi connectivity index (χ3v) is 7.66. The number of anilines is 2. The molecule has 40 heavy (non-hydrogen) atoms. The quantitative estimate of drug-likeness (QED) is 0.432. The van der Waals surface area contributed by atoms with E-state index in [1.165, 1.54) is 30.3 Å². The normalized spacial score (nSPS) is 20.7. The average molecular weight is 554 g/mol. The first-order chi connectivity index (χ1) is 19.2. The lowest BCUT2D eigenvalue weighted by Crippen LogP contribution is -2.39. The SMILES string of the molecule is COc1c(N2CCC(O)(COc3ccc(N4CCOC4=O)cc3F)C2)ccc2c(=O)c(C(=O)O)cn(C3CC3)c12. The smallest absolute Gasteiger partial charge is 0.414 e. The van der Waals surface area contributed by atoms with Gasteiger partial charge < -0.3 is 33.9 Å². The van der Waals surface area contributed by atoms with Gasteiger partial charge in [0.1, 0.15) is 24.4 Å². The van der Waals surface area contributed by atoms with Gasteiger partial charge in [0.15, 0.2) is 17.3 Å². The second kappa shape index (κ2) is 9.70. The average Bonchev–Trinajstić information content (AvgIpc) is 3.57. The fourth-order valence-electron chi connectivity index (χ4n) is 5.45. The fourth-order valence-corrected chi connectivity index (χ4v) is 5.45. The minimum Gasteiger partial charge on any atom is -0.492 e. The first-order valence-corrected chi connectivity index (χ1v) is 13.0. The molecule has 3 fully saturated rings. The number of pyridine rings is 1. The zero-order valence-electron chi connectivity index (χ0n) is 21.8. The molecule has 12 heteroatoms. The van der Waals surface area contributed by atoms with Crippen LogP contribution in [0, 0.1) is 5.82 Å². The topological polar surface area (TPSA) is 131 Å². The van der Waals surface area contributed by atoms with Crippen molar-refractivity contribution in [3.8, 4) is 11.5 Å². The van der Waals surface area contributed by atoms with Crippen molar-refractivity contribution in [2.45, 2.75) is 30.9 Å². The van der Waals surface area contributed by atoms with Crippen LogP contribution in [0.15, 0.2) is 41.3 Å². The van der Waals surface area contributed by atoms with Crippen LogP contribution in [0.5, 0.6) is 11.5 Å². The molecule has 1 unspecified atom stereocenters. The van der Waals surface area contributed by atoms with Gasteiger partial charge in [0.25, 0.3) is 0 Å².